The highest BCUT2D eigenvalue weighted by Gasteiger charge is 2.34. The molecule has 0 radical (unpaired) electrons. The van der Waals surface area contributed by atoms with Crippen molar-refractivity contribution in [2.45, 2.75) is 6.92 Å². The summed E-state index contributed by atoms with van der Waals surface area (Å²) in [6.45, 7) is 1.52. The van der Waals surface area contributed by atoms with Crippen molar-refractivity contribution >= 4 is 17.8 Å². The summed E-state index contributed by atoms with van der Waals surface area (Å²) in [7, 11) is 0. The number of esters is 1. The van der Waals surface area contributed by atoms with Gasteiger partial charge in [-0.2, -0.15) is 0 Å². The molecule has 0 atom stereocenters. The van der Waals surface area contributed by atoms with Crippen LogP contribution in [0.5, 0.6) is 0 Å². The number of hydrogen-bond acceptors (Lipinski definition) is 5. The van der Waals surface area contributed by atoms with Crippen LogP contribution in [-0.2, 0) is 9.53 Å². The molecule has 104 valence electrons. The van der Waals surface area contributed by atoms with E-state index in [0.717, 1.165) is 11.0 Å². The average Bonchev–Trinajstić information content (AvgIpc) is 2.63. The molecule has 0 spiro atoms. The van der Waals surface area contributed by atoms with E-state index in [4.69, 9.17) is 10.5 Å². The minimum absolute atomic E-state index is 0.0234. The quantitative estimate of drug-likeness (QED) is 0.495. The molecule has 0 aliphatic carbocycles. The summed E-state index contributed by atoms with van der Waals surface area (Å²) < 4.78 is 4.87. The molecule has 2 N–H and O–H groups in total. The fourth-order valence-corrected chi connectivity index (χ4v) is 1.91. The van der Waals surface area contributed by atoms with Crippen LogP contribution in [0.4, 0.5) is 0 Å². The minimum Gasteiger partial charge on any atom is -0.461 e. The lowest BCUT2D eigenvalue weighted by Crippen LogP contribution is -2.33. The molecule has 6 nitrogen and oxygen atoms in total. The van der Waals surface area contributed by atoms with Gasteiger partial charge in [0.1, 0.15) is 6.61 Å². The van der Waals surface area contributed by atoms with Gasteiger partial charge < -0.3 is 10.5 Å². The largest absolute Gasteiger partial charge is 0.461 e. The molecule has 0 saturated heterocycles. The molecule has 1 heterocycles. The van der Waals surface area contributed by atoms with Gasteiger partial charge in [-0.25, -0.2) is 4.79 Å². The van der Waals surface area contributed by atoms with Crippen molar-refractivity contribution in [3.63, 3.8) is 0 Å². The van der Waals surface area contributed by atoms with Gasteiger partial charge >= 0.3 is 5.97 Å². The maximum Gasteiger partial charge on any atom is 0.332 e. The number of rotatable bonds is 4. The van der Waals surface area contributed by atoms with E-state index in [9.17, 15) is 14.4 Å². The van der Waals surface area contributed by atoms with Gasteiger partial charge in [0, 0.05) is 11.8 Å². The standard InChI is InChI=1S/C14H14N2O4/c1-9(15)8-12(17)20-7-6-16-13(18)10-4-2-3-5-11(10)14(16)19/h2-5,8H,6-7,15H2,1H3/b9-8-. The van der Waals surface area contributed by atoms with Gasteiger partial charge in [0.05, 0.1) is 17.7 Å². The van der Waals surface area contributed by atoms with Gasteiger partial charge in [0.2, 0.25) is 0 Å². The highest BCUT2D eigenvalue weighted by Crippen LogP contribution is 2.21. The second kappa shape index (κ2) is 5.56. The Morgan fingerprint density at radius 1 is 1.25 bits per heavy atom. The number of hydrogen-bond donors (Lipinski definition) is 1. The molecule has 1 aliphatic heterocycles. The smallest absolute Gasteiger partial charge is 0.332 e. The molecule has 1 aromatic rings. The number of fused-ring (bicyclic) bond motifs is 1. The van der Waals surface area contributed by atoms with Gasteiger partial charge in [-0.1, -0.05) is 12.1 Å². The van der Waals surface area contributed by atoms with Crippen molar-refractivity contribution in [2.24, 2.45) is 5.73 Å². The summed E-state index contributed by atoms with van der Waals surface area (Å²) in [6.07, 6.45) is 1.14. The second-order valence-electron chi connectivity index (χ2n) is 4.36. The zero-order chi connectivity index (χ0) is 14.7. The number of benzene rings is 1. The third kappa shape index (κ3) is 2.69. The Hall–Kier alpha value is -2.63. The van der Waals surface area contributed by atoms with Gasteiger partial charge in [-0.3, -0.25) is 14.5 Å². The highest BCUT2D eigenvalue weighted by atomic mass is 16.5. The first-order valence-electron chi connectivity index (χ1n) is 6.06. The van der Waals surface area contributed by atoms with Gasteiger partial charge in [0.15, 0.2) is 0 Å². The van der Waals surface area contributed by atoms with Crippen molar-refractivity contribution in [1.29, 1.82) is 0 Å². The number of amides is 2. The monoisotopic (exact) mass is 274 g/mol. The number of carbonyl (C=O) groups is 3. The fourth-order valence-electron chi connectivity index (χ4n) is 1.91. The molecule has 0 unspecified atom stereocenters. The first-order chi connectivity index (χ1) is 9.50. The second-order valence-corrected chi connectivity index (χ2v) is 4.36. The third-order valence-electron chi connectivity index (χ3n) is 2.78. The number of ether oxygens (including phenoxy) is 1. The highest BCUT2D eigenvalue weighted by molar-refractivity contribution is 6.21. The number of carbonyl (C=O) groups excluding carboxylic acids is 3. The Labute approximate surface area is 115 Å². The Kier molecular flexibility index (Phi) is 3.84. The summed E-state index contributed by atoms with van der Waals surface area (Å²) in [6, 6.07) is 6.59. The lowest BCUT2D eigenvalue weighted by atomic mass is 10.1. The normalized spacial score (nSPS) is 14.4. The fraction of sp³-hybridized carbons (Fsp3) is 0.214. The van der Waals surface area contributed by atoms with E-state index < -0.39 is 5.97 Å². The van der Waals surface area contributed by atoms with Crippen molar-refractivity contribution in [2.75, 3.05) is 13.2 Å². The predicted octanol–water partition coefficient (Wildman–Crippen LogP) is 0.688. The molecule has 0 aromatic heterocycles. The van der Waals surface area contributed by atoms with E-state index in [0.29, 0.717) is 16.8 Å². The van der Waals surface area contributed by atoms with E-state index in [-0.39, 0.29) is 25.0 Å². The van der Waals surface area contributed by atoms with E-state index in [1.54, 1.807) is 31.2 Å². The number of nitrogens with two attached hydrogens (primary N) is 1. The molecule has 0 bridgehead atoms. The van der Waals surface area contributed by atoms with Crippen LogP contribution in [0.2, 0.25) is 0 Å². The van der Waals surface area contributed by atoms with Crippen LogP contribution in [0.15, 0.2) is 36.0 Å². The maximum absolute atomic E-state index is 12.0. The molecule has 1 aromatic carbocycles. The molecular weight excluding hydrogens is 260 g/mol. The summed E-state index contributed by atoms with van der Waals surface area (Å²) >= 11 is 0. The lowest BCUT2D eigenvalue weighted by molar-refractivity contribution is -0.138. The summed E-state index contributed by atoms with van der Waals surface area (Å²) in [5.41, 5.74) is 6.41. The number of nitrogens with zero attached hydrogens (tertiary/aromatic N) is 1. The van der Waals surface area contributed by atoms with Gasteiger partial charge in [-0.15, -0.1) is 0 Å². The van der Waals surface area contributed by atoms with Crippen LogP contribution in [0.25, 0.3) is 0 Å². The van der Waals surface area contributed by atoms with E-state index in [1.807, 2.05) is 0 Å². The summed E-state index contributed by atoms with van der Waals surface area (Å²) in [4.78, 5) is 36.3. The Morgan fingerprint density at radius 3 is 2.30 bits per heavy atom. The van der Waals surface area contributed by atoms with E-state index >= 15 is 0 Å². The zero-order valence-electron chi connectivity index (χ0n) is 11.0. The molecular formula is C14H14N2O4. The molecule has 2 amide bonds. The molecule has 0 saturated carbocycles. The van der Waals surface area contributed by atoms with Crippen LogP contribution >= 0.6 is 0 Å². The molecule has 0 fully saturated rings. The van der Waals surface area contributed by atoms with E-state index in [1.165, 1.54) is 0 Å². The van der Waals surface area contributed by atoms with Crippen LogP contribution in [0, 0.1) is 0 Å². The Morgan fingerprint density at radius 2 is 1.80 bits per heavy atom. The van der Waals surface area contributed by atoms with Crippen molar-refractivity contribution in [1.82, 2.24) is 4.90 Å². The van der Waals surface area contributed by atoms with Crippen molar-refractivity contribution < 1.29 is 19.1 Å². The first kappa shape index (κ1) is 13.8. The topological polar surface area (TPSA) is 89.7 Å². The lowest BCUT2D eigenvalue weighted by Gasteiger charge is -2.13. The van der Waals surface area contributed by atoms with Gasteiger partial charge in [0.25, 0.3) is 11.8 Å². The molecule has 1 aliphatic rings. The van der Waals surface area contributed by atoms with Crippen LogP contribution < -0.4 is 5.73 Å². The predicted molar refractivity (Wildman–Crippen MR) is 70.7 cm³/mol. The molecule has 6 heteroatoms. The number of allylic oxidation sites excluding steroid dienone is 1. The van der Waals surface area contributed by atoms with Gasteiger partial charge in [-0.05, 0) is 19.1 Å². The van der Waals surface area contributed by atoms with Crippen molar-refractivity contribution in [3.8, 4) is 0 Å². The van der Waals surface area contributed by atoms with Crippen LogP contribution in [0.1, 0.15) is 27.6 Å². The SMILES string of the molecule is C/C(N)=C/C(=O)OCCN1C(=O)c2ccccc2C1=O. The Balaban J connectivity index is 1.96. The van der Waals surface area contributed by atoms with E-state index in [2.05, 4.69) is 0 Å². The van der Waals surface area contributed by atoms with Crippen LogP contribution in [0.3, 0.4) is 0 Å². The first-order valence-corrected chi connectivity index (χ1v) is 6.06. The third-order valence-corrected chi connectivity index (χ3v) is 2.78. The average molecular weight is 274 g/mol. The summed E-state index contributed by atoms with van der Waals surface area (Å²) in [5, 5.41) is 0. The minimum atomic E-state index is -0.596. The summed E-state index contributed by atoms with van der Waals surface area (Å²) in [5.74, 6) is -1.33. The maximum atomic E-state index is 12.0. The molecule has 2 rings (SSSR count). The zero-order valence-corrected chi connectivity index (χ0v) is 11.0. The van der Waals surface area contributed by atoms with Crippen molar-refractivity contribution in [3.05, 3.63) is 47.2 Å². The van der Waals surface area contributed by atoms with Crippen LogP contribution in [-0.4, -0.2) is 35.8 Å². The number of imide groups is 1. The Bertz CT molecular complexity index is 568. The molecule has 20 heavy (non-hydrogen) atoms.